The fraction of sp³-hybridized carbons (Fsp3) is 0.706. The topological polar surface area (TPSA) is 65.1 Å². The Morgan fingerprint density at radius 2 is 1.96 bits per heavy atom. The largest absolute Gasteiger partial charge is 0.476 e. The Morgan fingerprint density at radius 1 is 1.16 bits per heavy atom. The van der Waals surface area contributed by atoms with Gasteiger partial charge in [-0.25, -0.2) is 0 Å². The van der Waals surface area contributed by atoms with E-state index in [-0.39, 0.29) is 5.60 Å². The lowest BCUT2D eigenvalue weighted by Crippen LogP contribution is -2.47. The van der Waals surface area contributed by atoms with Gasteiger partial charge in [0.25, 0.3) is 0 Å². The number of hydrogen-bond acceptors (Lipinski definition) is 8. The van der Waals surface area contributed by atoms with Crippen LogP contribution in [0.25, 0.3) is 0 Å². The van der Waals surface area contributed by atoms with E-state index in [0.29, 0.717) is 18.4 Å². The molecule has 0 amide bonds. The Hall–Kier alpha value is -1.06. The third-order valence-electron chi connectivity index (χ3n) is 4.85. The summed E-state index contributed by atoms with van der Waals surface area (Å²) in [6, 6.07) is 3.93. The smallest absolute Gasteiger partial charge is 0.232 e. The fourth-order valence-corrected chi connectivity index (χ4v) is 4.06. The number of pyridine rings is 1. The highest BCUT2D eigenvalue weighted by Gasteiger charge is 2.37. The van der Waals surface area contributed by atoms with Crippen LogP contribution in [0.5, 0.6) is 11.8 Å². The first-order chi connectivity index (χ1) is 12.3. The zero-order valence-corrected chi connectivity index (χ0v) is 15.2. The van der Waals surface area contributed by atoms with E-state index < -0.39 is 0 Å². The number of nitrogens with one attached hydrogen (secondary N) is 1. The molecule has 3 aliphatic heterocycles. The molecule has 7 nitrogen and oxygen atoms in total. The van der Waals surface area contributed by atoms with Gasteiger partial charge in [0.15, 0.2) is 0 Å². The molecule has 0 atom stereocenters. The Kier molecular flexibility index (Phi) is 5.62. The van der Waals surface area contributed by atoms with Crippen LogP contribution in [-0.2, 0) is 9.47 Å². The van der Waals surface area contributed by atoms with Gasteiger partial charge in [-0.3, -0.25) is 9.62 Å². The van der Waals surface area contributed by atoms with Crippen LogP contribution < -0.4 is 14.2 Å². The maximum absolute atomic E-state index is 6.34. The highest BCUT2D eigenvalue weighted by molar-refractivity contribution is 7.97. The minimum Gasteiger partial charge on any atom is -0.476 e. The van der Waals surface area contributed by atoms with Crippen LogP contribution in [0.15, 0.2) is 17.0 Å². The van der Waals surface area contributed by atoms with Crippen molar-refractivity contribution >= 4 is 11.9 Å². The zero-order valence-electron chi connectivity index (χ0n) is 14.4. The summed E-state index contributed by atoms with van der Waals surface area (Å²) in [5, 5.41) is 0. The van der Waals surface area contributed by atoms with Crippen molar-refractivity contribution in [3.63, 3.8) is 0 Å². The monoisotopic (exact) mass is 367 g/mol. The van der Waals surface area contributed by atoms with Gasteiger partial charge < -0.3 is 18.9 Å². The van der Waals surface area contributed by atoms with Crippen molar-refractivity contribution in [3.8, 4) is 11.8 Å². The molecule has 1 N–H and O–H groups in total. The zero-order chi connectivity index (χ0) is 17.0. The van der Waals surface area contributed by atoms with Crippen LogP contribution in [0.3, 0.4) is 0 Å². The van der Waals surface area contributed by atoms with E-state index in [9.17, 15) is 0 Å². The molecule has 0 bridgehead atoms. The molecule has 1 aromatic heterocycles. The highest BCUT2D eigenvalue weighted by Crippen LogP contribution is 2.37. The van der Waals surface area contributed by atoms with Crippen LogP contribution >= 0.6 is 11.9 Å². The SMILES string of the molecule is c1cc2c(nc1OCCN1CCOCC1)OC1(CCOCC1)CNS2. The molecule has 1 aromatic rings. The van der Waals surface area contributed by atoms with Crippen molar-refractivity contribution < 1.29 is 18.9 Å². The predicted molar refractivity (Wildman–Crippen MR) is 94.3 cm³/mol. The van der Waals surface area contributed by atoms with Gasteiger partial charge in [0.05, 0.1) is 31.3 Å². The number of ether oxygens (including phenoxy) is 4. The molecule has 0 unspecified atom stereocenters. The van der Waals surface area contributed by atoms with Crippen LogP contribution in [0.2, 0.25) is 0 Å². The number of nitrogens with zero attached hydrogens (tertiary/aromatic N) is 2. The summed E-state index contributed by atoms with van der Waals surface area (Å²) in [7, 11) is 0. The molecule has 4 heterocycles. The summed E-state index contributed by atoms with van der Waals surface area (Å²) >= 11 is 1.58. The first-order valence-electron chi connectivity index (χ1n) is 8.93. The van der Waals surface area contributed by atoms with Crippen molar-refractivity contribution in [1.29, 1.82) is 0 Å². The molecule has 4 rings (SSSR count). The van der Waals surface area contributed by atoms with Gasteiger partial charge in [-0.1, -0.05) is 0 Å². The van der Waals surface area contributed by atoms with Crippen LogP contribution in [0.1, 0.15) is 12.8 Å². The van der Waals surface area contributed by atoms with Crippen molar-refractivity contribution in [2.75, 3.05) is 59.2 Å². The first-order valence-corrected chi connectivity index (χ1v) is 9.75. The average molecular weight is 367 g/mol. The molecular formula is C17H25N3O4S. The lowest BCUT2D eigenvalue weighted by atomic mass is 9.94. The first kappa shape index (κ1) is 17.4. The minimum atomic E-state index is -0.226. The number of morpholine rings is 1. The Bertz CT molecular complexity index is 577. The lowest BCUT2D eigenvalue weighted by Gasteiger charge is -2.35. The van der Waals surface area contributed by atoms with E-state index in [4.69, 9.17) is 18.9 Å². The van der Waals surface area contributed by atoms with Crippen molar-refractivity contribution in [2.45, 2.75) is 23.3 Å². The summed E-state index contributed by atoms with van der Waals surface area (Å²) < 4.78 is 26.5. The molecule has 0 aliphatic carbocycles. The maximum Gasteiger partial charge on any atom is 0.232 e. The van der Waals surface area contributed by atoms with Crippen molar-refractivity contribution in [3.05, 3.63) is 12.1 Å². The summed E-state index contributed by atoms with van der Waals surface area (Å²) in [5.74, 6) is 1.29. The Morgan fingerprint density at radius 3 is 2.80 bits per heavy atom. The molecule has 1 spiro atoms. The van der Waals surface area contributed by atoms with Gasteiger partial charge in [-0.2, -0.15) is 4.98 Å². The summed E-state index contributed by atoms with van der Waals surface area (Å²) in [4.78, 5) is 7.97. The molecule has 2 fully saturated rings. The number of aromatic nitrogens is 1. The van der Waals surface area contributed by atoms with Gasteiger partial charge in [0.1, 0.15) is 12.2 Å². The predicted octanol–water partition coefficient (Wildman–Crippen LogP) is 1.33. The molecular weight excluding hydrogens is 342 g/mol. The number of rotatable bonds is 4. The van der Waals surface area contributed by atoms with Crippen LogP contribution in [0.4, 0.5) is 0 Å². The van der Waals surface area contributed by atoms with E-state index in [0.717, 1.165) is 70.3 Å². The summed E-state index contributed by atoms with van der Waals surface area (Å²) in [6.07, 6.45) is 1.76. The standard InChI is InChI=1S/C17H25N3O4S/c1-2-15(23-12-7-20-5-10-22-11-6-20)19-16-14(1)25-18-13-17(24-16)3-8-21-9-4-17/h1-2,18H,3-13H2. The average Bonchev–Trinajstić information content (AvgIpc) is 2.82. The van der Waals surface area contributed by atoms with Gasteiger partial charge in [-0.15, -0.1) is 0 Å². The summed E-state index contributed by atoms with van der Waals surface area (Å²) in [6.45, 7) is 7.33. The third kappa shape index (κ3) is 4.38. The second-order valence-corrected chi connectivity index (χ2v) is 7.51. The van der Waals surface area contributed by atoms with Gasteiger partial charge >= 0.3 is 0 Å². The Labute approximate surface area is 152 Å². The van der Waals surface area contributed by atoms with Gasteiger partial charge in [0, 0.05) is 45.1 Å². The molecule has 25 heavy (non-hydrogen) atoms. The molecule has 8 heteroatoms. The second-order valence-electron chi connectivity index (χ2n) is 6.58. The van der Waals surface area contributed by atoms with E-state index in [1.165, 1.54) is 0 Å². The lowest BCUT2D eigenvalue weighted by molar-refractivity contribution is -0.0444. The van der Waals surface area contributed by atoms with Crippen molar-refractivity contribution in [1.82, 2.24) is 14.6 Å². The minimum absolute atomic E-state index is 0.226. The quantitative estimate of drug-likeness (QED) is 0.800. The Balaban J connectivity index is 1.38. The van der Waals surface area contributed by atoms with E-state index in [1.807, 2.05) is 12.1 Å². The number of hydrogen-bond donors (Lipinski definition) is 1. The van der Waals surface area contributed by atoms with Crippen molar-refractivity contribution in [2.24, 2.45) is 0 Å². The molecule has 138 valence electrons. The molecule has 0 radical (unpaired) electrons. The molecule has 0 saturated carbocycles. The third-order valence-corrected chi connectivity index (χ3v) is 5.67. The maximum atomic E-state index is 6.34. The van der Waals surface area contributed by atoms with E-state index in [1.54, 1.807) is 11.9 Å². The van der Waals surface area contributed by atoms with Gasteiger partial charge in [-0.05, 0) is 18.0 Å². The number of fused-ring (bicyclic) bond motifs is 1. The second kappa shape index (κ2) is 8.09. The highest BCUT2D eigenvalue weighted by atomic mass is 32.2. The van der Waals surface area contributed by atoms with E-state index >= 15 is 0 Å². The van der Waals surface area contributed by atoms with Crippen LogP contribution in [0, 0.1) is 0 Å². The van der Waals surface area contributed by atoms with E-state index in [2.05, 4.69) is 14.6 Å². The molecule has 2 saturated heterocycles. The van der Waals surface area contributed by atoms with Crippen LogP contribution in [-0.4, -0.2) is 74.7 Å². The van der Waals surface area contributed by atoms with Gasteiger partial charge in [0.2, 0.25) is 11.8 Å². The normalized spacial score (nSPS) is 23.5. The summed E-state index contributed by atoms with van der Waals surface area (Å²) in [5.41, 5.74) is -0.226. The molecule has 3 aliphatic rings. The molecule has 0 aromatic carbocycles. The fourth-order valence-electron chi connectivity index (χ4n) is 3.25.